The third kappa shape index (κ3) is 3.97. The number of nitrogen functional groups attached to an aromatic ring is 2. The molecule has 0 amide bonds. The van der Waals surface area contributed by atoms with Gasteiger partial charge in [-0.2, -0.15) is 16.6 Å². The minimum Gasteiger partial charge on any atom is -0.397 e. The number of pyridine rings is 1. The standard InChI is InChI=1S/C23H16N6O4S3/c1-11-8-16(28-33-11)29-36(31,32)14-4-2-12(3-5-14)20(30)21-19(25)18-17(13-6-7-34-10-13)15(9-24)22(26)27-23(18)35-21/h2-8,10H,25H2,1H3,(H2,26,27)(H,28,29). The smallest absolute Gasteiger partial charge is 0.263 e. The van der Waals surface area contributed by atoms with Crippen molar-refractivity contribution in [3.05, 3.63) is 68.9 Å². The predicted octanol–water partition coefficient (Wildman–Crippen LogP) is 4.39. The molecule has 0 saturated heterocycles. The van der Waals surface area contributed by atoms with E-state index in [2.05, 4.69) is 20.9 Å². The van der Waals surface area contributed by atoms with Crippen molar-refractivity contribution in [2.24, 2.45) is 0 Å². The van der Waals surface area contributed by atoms with Crippen molar-refractivity contribution in [2.75, 3.05) is 16.2 Å². The fraction of sp³-hybridized carbons (Fsp3) is 0.0435. The normalized spacial score (nSPS) is 11.4. The molecule has 13 heteroatoms. The summed E-state index contributed by atoms with van der Waals surface area (Å²) in [6.07, 6.45) is 0. The molecule has 0 saturated carbocycles. The van der Waals surface area contributed by atoms with E-state index in [4.69, 9.17) is 16.0 Å². The van der Waals surface area contributed by atoms with Crippen LogP contribution in [0.2, 0.25) is 0 Å². The molecule has 0 spiro atoms. The summed E-state index contributed by atoms with van der Waals surface area (Å²) in [6.45, 7) is 1.64. The van der Waals surface area contributed by atoms with Crippen LogP contribution >= 0.6 is 22.7 Å². The molecule has 5 aromatic rings. The van der Waals surface area contributed by atoms with Crippen LogP contribution in [0, 0.1) is 18.3 Å². The number of hydrogen-bond donors (Lipinski definition) is 3. The number of benzene rings is 1. The van der Waals surface area contributed by atoms with Gasteiger partial charge in [0, 0.05) is 22.6 Å². The molecule has 0 fully saturated rings. The number of anilines is 3. The summed E-state index contributed by atoms with van der Waals surface area (Å²) >= 11 is 2.51. The van der Waals surface area contributed by atoms with Gasteiger partial charge in [0.05, 0.1) is 10.6 Å². The summed E-state index contributed by atoms with van der Waals surface area (Å²) in [5, 5.41) is 17.5. The fourth-order valence-corrected chi connectivity index (χ4v) is 6.38. The zero-order valence-electron chi connectivity index (χ0n) is 18.5. The van der Waals surface area contributed by atoms with Crippen molar-refractivity contribution >= 4 is 66.0 Å². The lowest BCUT2D eigenvalue weighted by Gasteiger charge is -2.08. The number of nitrogens with two attached hydrogens (primary N) is 2. The Kier molecular flexibility index (Phi) is 5.71. The third-order valence-electron chi connectivity index (χ3n) is 5.33. The minimum absolute atomic E-state index is 0.0515. The average Bonchev–Trinajstić information content (AvgIpc) is 3.59. The van der Waals surface area contributed by atoms with Crippen LogP contribution in [0.1, 0.15) is 26.6 Å². The largest absolute Gasteiger partial charge is 0.397 e. The molecule has 1 aromatic carbocycles. The van der Waals surface area contributed by atoms with E-state index in [0.717, 1.165) is 16.9 Å². The Labute approximate surface area is 212 Å². The lowest BCUT2D eigenvalue weighted by molar-refractivity contribution is 0.104. The second kappa shape index (κ2) is 8.76. The van der Waals surface area contributed by atoms with Gasteiger partial charge in [0.15, 0.2) is 5.82 Å². The van der Waals surface area contributed by atoms with Crippen LogP contribution in [0.3, 0.4) is 0 Å². The Hall–Kier alpha value is -4.25. The zero-order chi connectivity index (χ0) is 25.6. The first-order valence-corrected chi connectivity index (χ1v) is 13.5. The summed E-state index contributed by atoms with van der Waals surface area (Å²) in [5.41, 5.74) is 14.4. The number of fused-ring (bicyclic) bond motifs is 1. The second-order valence-corrected chi connectivity index (χ2v) is 11.1. The van der Waals surface area contributed by atoms with Gasteiger partial charge in [0.25, 0.3) is 10.0 Å². The van der Waals surface area contributed by atoms with E-state index < -0.39 is 15.8 Å². The Morgan fingerprint density at radius 3 is 2.56 bits per heavy atom. The van der Waals surface area contributed by atoms with Crippen molar-refractivity contribution in [2.45, 2.75) is 11.8 Å². The number of aromatic nitrogens is 2. The van der Waals surface area contributed by atoms with E-state index in [1.165, 1.54) is 41.7 Å². The van der Waals surface area contributed by atoms with Crippen molar-refractivity contribution in [3.8, 4) is 17.2 Å². The molecule has 0 aliphatic heterocycles. The summed E-state index contributed by atoms with van der Waals surface area (Å²) in [6, 6.07) is 10.8. The second-order valence-electron chi connectivity index (χ2n) is 7.68. The van der Waals surface area contributed by atoms with Crippen LogP contribution in [0.4, 0.5) is 17.3 Å². The van der Waals surface area contributed by atoms with E-state index in [9.17, 15) is 18.5 Å². The lowest BCUT2D eigenvalue weighted by Crippen LogP contribution is -2.13. The Morgan fingerprint density at radius 2 is 1.94 bits per heavy atom. The number of nitrogens with one attached hydrogen (secondary N) is 1. The highest BCUT2D eigenvalue weighted by atomic mass is 32.2. The van der Waals surface area contributed by atoms with Crippen LogP contribution in [0.5, 0.6) is 0 Å². The maximum absolute atomic E-state index is 13.3. The zero-order valence-corrected chi connectivity index (χ0v) is 20.9. The average molecular weight is 537 g/mol. The van der Waals surface area contributed by atoms with E-state index in [-0.39, 0.29) is 38.2 Å². The van der Waals surface area contributed by atoms with E-state index in [1.54, 1.807) is 6.92 Å². The third-order valence-corrected chi connectivity index (χ3v) is 8.48. The molecule has 5 rings (SSSR count). The number of aryl methyl sites for hydroxylation is 1. The number of carbonyl (C=O) groups excluding carboxylic acids is 1. The Balaban J connectivity index is 1.53. The van der Waals surface area contributed by atoms with E-state index >= 15 is 0 Å². The number of rotatable bonds is 6. The van der Waals surface area contributed by atoms with E-state index in [1.807, 2.05) is 16.8 Å². The molecule has 0 aliphatic carbocycles. The minimum atomic E-state index is -3.94. The highest BCUT2D eigenvalue weighted by molar-refractivity contribution is 7.92. The van der Waals surface area contributed by atoms with Crippen LogP contribution < -0.4 is 16.2 Å². The van der Waals surface area contributed by atoms with Gasteiger partial charge < -0.3 is 16.0 Å². The van der Waals surface area contributed by atoms with Crippen LogP contribution in [0.25, 0.3) is 21.3 Å². The maximum Gasteiger partial charge on any atom is 0.263 e. The highest BCUT2D eigenvalue weighted by Gasteiger charge is 2.25. The molecule has 10 nitrogen and oxygen atoms in total. The van der Waals surface area contributed by atoms with E-state index in [0.29, 0.717) is 21.5 Å². The number of nitrogens with zero attached hydrogens (tertiary/aromatic N) is 3. The quantitative estimate of drug-likeness (QED) is 0.265. The lowest BCUT2D eigenvalue weighted by atomic mass is 9.99. The summed E-state index contributed by atoms with van der Waals surface area (Å²) < 4.78 is 32.5. The van der Waals surface area contributed by atoms with Gasteiger partial charge in [-0.15, -0.1) is 11.3 Å². The number of ketones is 1. The maximum atomic E-state index is 13.3. The van der Waals surface area contributed by atoms with Crippen molar-refractivity contribution < 1.29 is 17.7 Å². The molecule has 0 radical (unpaired) electrons. The Bertz CT molecular complexity index is 1780. The summed E-state index contributed by atoms with van der Waals surface area (Å²) in [7, 11) is -3.94. The molecule has 4 heterocycles. The molecule has 0 aliphatic rings. The van der Waals surface area contributed by atoms with Gasteiger partial charge >= 0.3 is 0 Å². The first-order chi connectivity index (χ1) is 17.2. The monoisotopic (exact) mass is 536 g/mol. The highest BCUT2D eigenvalue weighted by Crippen LogP contribution is 2.43. The molecular formula is C23H16N6O4S3. The SMILES string of the molecule is Cc1cc(NS(=O)(=O)c2ccc(C(=O)c3sc4nc(N)c(C#N)c(-c5ccsc5)c4c3N)cc2)no1. The predicted molar refractivity (Wildman–Crippen MR) is 138 cm³/mol. The topological polar surface area (TPSA) is 178 Å². The van der Waals surface area contributed by atoms with Crippen LogP contribution in [0.15, 0.2) is 56.6 Å². The molecule has 0 atom stereocenters. The van der Waals surface area contributed by atoms with Gasteiger partial charge in [0.1, 0.15) is 32.9 Å². The fourth-order valence-electron chi connectivity index (χ4n) is 3.68. The summed E-state index contributed by atoms with van der Waals surface area (Å²) in [4.78, 5) is 18.2. The van der Waals surface area contributed by atoms with Gasteiger partial charge in [-0.25, -0.2) is 13.4 Å². The first-order valence-electron chi connectivity index (χ1n) is 10.2. The molecule has 0 bridgehead atoms. The molecular weight excluding hydrogens is 520 g/mol. The number of hydrogen-bond acceptors (Lipinski definition) is 11. The number of thiophene rings is 2. The molecule has 180 valence electrons. The summed E-state index contributed by atoms with van der Waals surface area (Å²) in [5.74, 6) is 0.147. The molecule has 36 heavy (non-hydrogen) atoms. The number of sulfonamides is 1. The first kappa shape index (κ1) is 23.5. The van der Waals surface area contributed by atoms with Gasteiger partial charge in [0.2, 0.25) is 5.78 Å². The molecule has 0 unspecified atom stereocenters. The van der Waals surface area contributed by atoms with Crippen molar-refractivity contribution in [3.63, 3.8) is 0 Å². The molecule has 5 N–H and O–H groups in total. The van der Waals surface area contributed by atoms with Gasteiger partial charge in [-0.3, -0.25) is 9.52 Å². The Morgan fingerprint density at radius 1 is 1.19 bits per heavy atom. The number of nitriles is 1. The van der Waals surface area contributed by atoms with Crippen LogP contribution in [-0.2, 0) is 10.0 Å². The van der Waals surface area contributed by atoms with Gasteiger partial charge in [-0.05, 0) is 53.6 Å². The van der Waals surface area contributed by atoms with Crippen molar-refractivity contribution in [1.82, 2.24) is 10.1 Å². The van der Waals surface area contributed by atoms with Crippen LogP contribution in [-0.4, -0.2) is 24.3 Å². The van der Waals surface area contributed by atoms with Crippen molar-refractivity contribution in [1.29, 1.82) is 5.26 Å². The number of carbonyl (C=O) groups is 1. The molecule has 4 aromatic heterocycles. The van der Waals surface area contributed by atoms with Gasteiger partial charge in [-0.1, -0.05) is 5.16 Å².